The Balaban J connectivity index is 3.11. The largest absolute Gasteiger partial charge is 0.297 e. The predicted octanol–water partition coefficient (Wildman–Crippen LogP) is 2.51. The Morgan fingerprint density at radius 1 is 1.57 bits per heavy atom. The van der Waals surface area contributed by atoms with Crippen molar-refractivity contribution in [2.45, 2.75) is 26.7 Å². The van der Waals surface area contributed by atoms with Gasteiger partial charge in [0.15, 0.2) is 0 Å². The SMILES string of the molecule is CCc1nc(CC)c(C(=O)N=C=S)s1. The van der Waals surface area contributed by atoms with Gasteiger partial charge in [0.2, 0.25) is 0 Å². The fourth-order valence-corrected chi connectivity index (χ4v) is 2.11. The number of aliphatic imine (C=N–C) groups is 1. The first-order valence-electron chi connectivity index (χ1n) is 4.33. The quantitative estimate of drug-likeness (QED) is 0.587. The number of hydrogen-bond acceptors (Lipinski definition) is 4. The molecule has 1 heterocycles. The van der Waals surface area contributed by atoms with Gasteiger partial charge in [-0.15, -0.1) is 11.3 Å². The molecule has 1 aromatic rings. The van der Waals surface area contributed by atoms with Crippen molar-refractivity contribution in [2.75, 3.05) is 0 Å². The van der Waals surface area contributed by atoms with Crippen molar-refractivity contribution in [1.82, 2.24) is 4.98 Å². The minimum atomic E-state index is -0.325. The lowest BCUT2D eigenvalue weighted by molar-refractivity contribution is 0.101. The first-order valence-corrected chi connectivity index (χ1v) is 5.56. The Labute approximate surface area is 91.9 Å². The number of carbonyl (C=O) groups is 1. The molecular formula is C9H10N2OS2. The van der Waals surface area contributed by atoms with Crippen molar-refractivity contribution in [1.29, 1.82) is 0 Å². The van der Waals surface area contributed by atoms with Crippen LogP contribution in [0, 0.1) is 0 Å². The summed E-state index contributed by atoms with van der Waals surface area (Å²) in [5.74, 6) is -0.325. The number of thiazole rings is 1. The monoisotopic (exact) mass is 226 g/mol. The highest BCUT2D eigenvalue weighted by Crippen LogP contribution is 2.20. The van der Waals surface area contributed by atoms with Crippen LogP contribution in [-0.2, 0) is 12.8 Å². The number of hydrogen-bond donors (Lipinski definition) is 0. The molecule has 1 aromatic heterocycles. The van der Waals surface area contributed by atoms with Gasteiger partial charge in [0, 0.05) is 0 Å². The third-order valence-corrected chi connectivity index (χ3v) is 3.04. The van der Waals surface area contributed by atoms with Crippen LogP contribution in [0.4, 0.5) is 0 Å². The van der Waals surface area contributed by atoms with Gasteiger partial charge in [0.05, 0.1) is 15.9 Å². The fraction of sp³-hybridized carbons (Fsp3) is 0.444. The first-order chi connectivity index (χ1) is 6.72. The lowest BCUT2D eigenvalue weighted by atomic mass is 10.3. The molecule has 5 heteroatoms. The maximum atomic E-state index is 11.4. The van der Waals surface area contributed by atoms with Crippen molar-refractivity contribution in [2.24, 2.45) is 4.99 Å². The molecule has 0 N–H and O–H groups in total. The third-order valence-electron chi connectivity index (χ3n) is 1.72. The molecule has 3 nitrogen and oxygen atoms in total. The predicted molar refractivity (Wildman–Crippen MR) is 60.2 cm³/mol. The Hall–Kier alpha value is -0.900. The van der Waals surface area contributed by atoms with Crippen LogP contribution < -0.4 is 0 Å². The summed E-state index contributed by atoms with van der Waals surface area (Å²) in [6.45, 7) is 3.97. The van der Waals surface area contributed by atoms with Crippen LogP contribution in [-0.4, -0.2) is 16.1 Å². The minimum absolute atomic E-state index is 0.325. The van der Waals surface area contributed by atoms with E-state index in [2.05, 4.69) is 27.4 Å². The highest BCUT2D eigenvalue weighted by Gasteiger charge is 2.15. The van der Waals surface area contributed by atoms with Crippen LogP contribution in [0.25, 0.3) is 0 Å². The molecule has 74 valence electrons. The summed E-state index contributed by atoms with van der Waals surface area (Å²) in [4.78, 5) is 19.8. The van der Waals surface area contributed by atoms with Crippen LogP contribution in [0.5, 0.6) is 0 Å². The van der Waals surface area contributed by atoms with Gasteiger partial charge in [0.1, 0.15) is 4.88 Å². The van der Waals surface area contributed by atoms with E-state index in [4.69, 9.17) is 0 Å². The van der Waals surface area contributed by atoms with E-state index in [1.165, 1.54) is 11.3 Å². The number of thiocarbonyl (C=S) groups is 1. The Morgan fingerprint density at radius 2 is 2.29 bits per heavy atom. The molecule has 0 saturated heterocycles. The first kappa shape index (κ1) is 11.2. The molecule has 0 aliphatic carbocycles. The van der Waals surface area contributed by atoms with Crippen molar-refractivity contribution in [3.8, 4) is 0 Å². The Morgan fingerprint density at radius 3 is 2.79 bits per heavy atom. The van der Waals surface area contributed by atoms with Crippen LogP contribution in [0.2, 0.25) is 0 Å². The van der Waals surface area contributed by atoms with Crippen molar-refractivity contribution in [3.63, 3.8) is 0 Å². The molecule has 0 spiro atoms. The summed E-state index contributed by atoms with van der Waals surface area (Å²) in [5, 5.41) is 3.04. The van der Waals surface area contributed by atoms with Crippen molar-refractivity contribution < 1.29 is 4.79 Å². The summed E-state index contributed by atoms with van der Waals surface area (Å²) < 4.78 is 0. The summed E-state index contributed by atoms with van der Waals surface area (Å²) >= 11 is 5.78. The fourth-order valence-electron chi connectivity index (χ4n) is 1.05. The zero-order chi connectivity index (χ0) is 10.6. The number of nitrogens with zero attached hydrogens (tertiary/aromatic N) is 2. The second-order valence-electron chi connectivity index (χ2n) is 2.60. The molecule has 0 fully saturated rings. The number of rotatable bonds is 3. The van der Waals surface area contributed by atoms with E-state index < -0.39 is 0 Å². The molecule has 0 unspecified atom stereocenters. The van der Waals surface area contributed by atoms with Gasteiger partial charge in [-0.3, -0.25) is 4.79 Å². The molecule has 0 aliphatic heterocycles. The van der Waals surface area contributed by atoms with E-state index >= 15 is 0 Å². The molecular weight excluding hydrogens is 216 g/mol. The van der Waals surface area contributed by atoms with Gasteiger partial charge in [0.25, 0.3) is 5.91 Å². The number of amides is 1. The van der Waals surface area contributed by atoms with E-state index in [1.807, 2.05) is 13.8 Å². The van der Waals surface area contributed by atoms with Gasteiger partial charge in [-0.05, 0) is 25.1 Å². The minimum Gasteiger partial charge on any atom is -0.265 e. The highest BCUT2D eigenvalue weighted by atomic mass is 32.1. The molecule has 0 aliphatic rings. The van der Waals surface area contributed by atoms with Gasteiger partial charge in [-0.1, -0.05) is 13.8 Å². The molecule has 0 saturated carbocycles. The van der Waals surface area contributed by atoms with Gasteiger partial charge in [-0.2, -0.15) is 4.99 Å². The van der Waals surface area contributed by atoms with Crippen LogP contribution >= 0.6 is 23.6 Å². The third kappa shape index (κ3) is 2.32. The van der Waals surface area contributed by atoms with E-state index in [9.17, 15) is 4.79 Å². The standard InChI is InChI=1S/C9H10N2OS2/c1-3-6-8(9(12)10-5-13)14-7(4-2)11-6/h3-4H2,1-2H3. The molecule has 0 aromatic carbocycles. The second kappa shape index (κ2) is 5.10. The molecule has 0 radical (unpaired) electrons. The van der Waals surface area contributed by atoms with Crippen molar-refractivity contribution in [3.05, 3.63) is 15.6 Å². The number of aromatic nitrogens is 1. The Bertz CT molecular complexity index is 392. The normalized spacial score (nSPS) is 9.57. The summed E-state index contributed by atoms with van der Waals surface area (Å²) in [6, 6.07) is 0. The zero-order valence-electron chi connectivity index (χ0n) is 8.03. The molecule has 0 bridgehead atoms. The lowest BCUT2D eigenvalue weighted by Gasteiger charge is -1.90. The van der Waals surface area contributed by atoms with E-state index in [1.54, 1.807) is 0 Å². The number of carbonyl (C=O) groups excluding carboxylic acids is 1. The Kier molecular flexibility index (Phi) is 4.07. The van der Waals surface area contributed by atoms with Crippen molar-refractivity contribution >= 4 is 34.6 Å². The van der Waals surface area contributed by atoms with Gasteiger partial charge < -0.3 is 0 Å². The zero-order valence-corrected chi connectivity index (χ0v) is 9.67. The lowest BCUT2D eigenvalue weighted by Crippen LogP contribution is -1.95. The average Bonchev–Trinajstić information content (AvgIpc) is 2.61. The maximum absolute atomic E-state index is 11.4. The molecule has 1 rings (SSSR count). The van der Waals surface area contributed by atoms with E-state index in [0.717, 1.165) is 23.5 Å². The topological polar surface area (TPSA) is 42.3 Å². The summed E-state index contributed by atoms with van der Waals surface area (Å²) in [6.07, 6.45) is 1.58. The van der Waals surface area contributed by atoms with Gasteiger partial charge in [-0.25, -0.2) is 4.98 Å². The number of aryl methyl sites for hydroxylation is 2. The van der Waals surface area contributed by atoms with Gasteiger partial charge >= 0.3 is 0 Å². The van der Waals surface area contributed by atoms with Crippen LogP contribution in [0.1, 0.15) is 34.2 Å². The molecule has 14 heavy (non-hydrogen) atoms. The average molecular weight is 226 g/mol. The second-order valence-corrected chi connectivity index (χ2v) is 3.86. The molecule has 0 atom stereocenters. The number of isothiocyanates is 1. The highest BCUT2D eigenvalue weighted by molar-refractivity contribution is 7.78. The van der Waals surface area contributed by atoms with Crippen LogP contribution in [0.3, 0.4) is 0 Å². The summed E-state index contributed by atoms with van der Waals surface area (Å²) in [7, 11) is 0. The van der Waals surface area contributed by atoms with E-state index in [0.29, 0.717) is 4.88 Å². The molecule has 1 amide bonds. The smallest absolute Gasteiger partial charge is 0.265 e. The maximum Gasteiger partial charge on any atom is 0.297 e. The summed E-state index contributed by atoms with van der Waals surface area (Å²) in [5.41, 5.74) is 0.811. The van der Waals surface area contributed by atoms with Crippen LogP contribution in [0.15, 0.2) is 4.99 Å². The van der Waals surface area contributed by atoms with E-state index in [-0.39, 0.29) is 5.91 Å².